The van der Waals surface area contributed by atoms with Crippen LogP contribution < -0.4 is 5.32 Å². The van der Waals surface area contributed by atoms with Crippen LogP contribution in [0.5, 0.6) is 0 Å². The normalized spacial score (nSPS) is 12.0. The molecule has 0 aliphatic carbocycles. The van der Waals surface area contributed by atoms with Crippen molar-refractivity contribution in [2.24, 2.45) is 0 Å². The summed E-state index contributed by atoms with van der Waals surface area (Å²) in [4.78, 5) is 4.08. The predicted molar refractivity (Wildman–Crippen MR) is 58.7 cm³/mol. The summed E-state index contributed by atoms with van der Waals surface area (Å²) in [7, 11) is 0. The van der Waals surface area contributed by atoms with Crippen LogP contribution in [0, 0.1) is 12.3 Å². The highest BCUT2D eigenvalue weighted by Gasteiger charge is 2.02. The first kappa shape index (κ1) is 10.7. The van der Waals surface area contributed by atoms with Crippen LogP contribution in [0.2, 0.25) is 0 Å². The topological polar surface area (TPSA) is 24.9 Å². The molecule has 0 aliphatic rings. The van der Waals surface area contributed by atoms with Gasteiger partial charge in [0.1, 0.15) is 0 Å². The fourth-order valence-electron chi connectivity index (χ4n) is 1.26. The average molecular weight is 188 g/mol. The van der Waals surface area contributed by atoms with Crippen molar-refractivity contribution < 1.29 is 0 Å². The maximum Gasteiger partial charge on any atom is 0.0315 e. The van der Waals surface area contributed by atoms with Gasteiger partial charge in [0.2, 0.25) is 0 Å². The first-order chi connectivity index (χ1) is 6.84. The highest BCUT2D eigenvalue weighted by atomic mass is 14.9. The Balaban J connectivity index is 2.29. The van der Waals surface area contributed by atoms with Crippen LogP contribution in [0.1, 0.15) is 31.4 Å². The van der Waals surface area contributed by atoms with Crippen molar-refractivity contribution in [1.29, 1.82) is 0 Å². The zero-order valence-electron chi connectivity index (χ0n) is 8.53. The van der Waals surface area contributed by atoms with Gasteiger partial charge in [-0.3, -0.25) is 4.98 Å². The molecular weight excluding hydrogens is 172 g/mol. The van der Waals surface area contributed by atoms with E-state index in [-0.39, 0.29) is 0 Å². The first-order valence-corrected chi connectivity index (χ1v) is 4.91. The Bertz CT molecular complexity index is 287. The van der Waals surface area contributed by atoms with Crippen molar-refractivity contribution in [1.82, 2.24) is 10.3 Å². The van der Waals surface area contributed by atoms with E-state index in [2.05, 4.69) is 29.2 Å². The molecule has 1 aromatic heterocycles. The standard InChI is InChI=1S/C12H16N2/c1-3-4-5-9-14-11(2)12-7-6-8-13-10-12/h1,6-8,10-11,14H,4-5,9H2,2H3/t11-/m1/s1. The van der Waals surface area contributed by atoms with Gasteiger partial charge in [0.25, 0.3) is 0 Å². The summed E-state index contributed by atoms with van der Waals surface area (Å²) in [5.74, 6) is 2.63. The maximum absolute atomic E-state index is 5.17. The van der Waals surface area contributed by atoms with Crippen LogP contribution in [-0.4, -0.2) is 11.5 Å². The number of rotatable bonds is 5. The van der Waals surface area contributed by atoms with E-state index in [1.54, 1.807) is 6.20 Å². The molecule has 0 radical (unpaired) electrons. The summed E-state index contributed by atoms with van der Waals surface area (Å²) in [6, 6.07) is 4.38. The van der Waals surface area contributed by atoms with E-state index < -0.39 is 0 Å². The zero-order valence-corrected chi connectivity index (χ0v) is 8.53. The molecule has 0 aliphatic heterocycles. The molecular formula is C12H16N2. The van der Waals surface area contributed by atoms with Crippen LogP contribution in [0.15, 0.2) is 24.5 Å². The van der Waals surface area contributed by atoms with Crippen molar-refractivity contribution in [2.75, 3.05) is 6.54 Å². The fourth-order valence-corrected chi connectivity index (χ4v) is 1.26. The smallest absolute Gasteiger partial charge is 0.0315 e. The molecule has 0 aromatic carbocycles. The third-order valence-electron chi connectivity index (χ3n) is 2.13. The lowest BCUT2D eigenvalue weighted by atomic mass is 10.1. The lowest BCUT2D eigenvalue weighted by Crippen LogP contribution is -2.19. The molecule has 0 amide bonds. The number of unbranched alkanes of at least 4 members (excludes halogenated alkanes) is 1. The summed E-state index contributed by atoms with van der Waals surface area (Å²) in [5, 5.41) is 3.40. The molecule has 0 unspecified atom stereocenters. The van der Waals surface area contributed by atoms with Crippen molar-refractivity contribution >= 4 is 0 Å². The van der Waals surface area contributed by atoms with Crippen LogP contribution in [-0.2, 0) is 0 Å². The Labute approximate surface area is 85.8 Å². The van der Waals surface area contributed by atoms with Gasteiger partial charge in [-0.05, 0) is 31.5 Å². The quantitative estimate of drug-likeness (QED) is 0.565. The van der Waals surface area contributed by atoms with Crippen molar-refractivity contribution in [2.45, 2.75) is 25.8 Å². The molecule has 74 valence electrons. The summed E-state index contributed by atoms with van der Waals surface area (Å²) in [5.41, 5.74) is 1.22. The van der Waals surface area contributed by atoms with E-state index in [0.717, 1.165) is 19.4 Å². The van der Waals surface area contributed by atoms with Gasteiger partial charge in [0.15, 0.2) is 0 Å². The van der Waals surface area contributed by atoms with E-state index in [4.69, 9.17) is 6.42 Å². The number of terminal acetylenes is 1. The first-order valence-electron chi connectivity index (χ1n) is 4.91. The van der Waals surface area contributed by atoms with Gasteiger partial charge in [0.05, 0.1) is 0 Å². The molecule has 0 fully saturated rings. The Kier molecular flexibility index (Phi) is 4.74. The minimum atomic E-state index is 0.349. The van der Waals surface area contributed by atoms with Crippen LogP contribution >= 0.6 is 0 Å². The number of aromatic nitrogens is 1. The number of nitrogens with zero attached hydrogens (tertiary/aromatic N) is 1. The monoisotopic (exact) mass is 188 g/mol. The molecule has 1 heterocycles. The van der Waals surface area contributed by atoms with Crippen molar-refractivity contribution in [3.8, 4) is 12.3 Å². The fraction of sp³-hybridized carbons (Fsp3) is 0.417. The van der Waals surface area contributed by atoms with E-state index >= 15 is 0 Å². The second-order valence-corrected chi connectivity index (χ2v) is 3.27. The minimum absolute atomic E-state index is 0.349. The summed E-state index contributed by atoms with van der Waals surface area (Å²) in [6.45, 7) is 3.09. The molecule has 1 atom stereocenters. The summed E-state index contributed by atoms with van der Waals surface area (Å²) >= 11 is 0. The van der Waals surface area contributed by atoms with Crippen LogP contribution in [0.4, 0.5) is 0 Å². The minimum Gasteiger partial charge on any atom is -0.310 e. The average Bonchev–Trinajstić information content (AvgIpc) is 2.25. The third kappa shape index (κ3) is 3.59. The molecule has 0 bridgehead atoms. The van der Waals surface area contributed by atoms with Gasteiger partial charge < -0.3 is 5.32 Å². The Hall–Kier alpha value is -1.33. The molecule has 2 heteroatoms. The van der Waals surface area contributed by atoms with Gasteiger partial charge in [0, 0.05) is 24.9 Å². The molecule has 0 spiro atoms. The number of pyridine rings is 1. The lowest BCUT2D eigenvalue weighted by Gasteiger charge is -2.12. The Morgan fingerprint density at radius 1 is 1.64 bits per heavy atom. The van der Waals surface area contributed by atoms with Crippen LogP contribution in [0.3, 0.4) is 0 Å². The number of nitrogens with one attached hydrogen (secondary N) is 1. The largest absolute Gasteiger partial charge is 0.310 e. The SMILES string of the molecule is C#CCCCN[C@H](C)c1cccnc1. The van der Waals surface area contributed by atoms with Gasteiger partial charge in [-0.2, -0.15) is 0 Å². The van der Waals surface area contributed by atoms with Crippen molar-refractivity contribution in [3.63, 3.8) is 0 Å². The number of hydrogen-bond acceptors (Lipinski definition) is 2. The maximum atomic E-state index is 5.17. The highest BCUT2D eigenvalue weighted by Crippen LogP contribution is 2.09. The van der Waals surface area contributed by atoms with Crippen LogP contribution in [0.25, 0.3) is 0 Å². The Morgan fingerprint density at radius 2 is 2.50 bits per heavy atom. The molecule has 2 nitrogen and oxygen atoms in total. The van der Waals surface area contributed by atoms with Gasteiger partial charge in [-0.1, -0.05) is 6.07 Å². The molecule has 1 rings (SSSR count). The molecule has 1 N–H and O–H groups in total. The Morgan fingerprint density at radius 3 is 3.14 bits per heavy atom. The van der Waals surface area contributed by atoms with E-state index in [1.165, 1.54) is 5.56 Å². The lowest BCUT2D eigenvalue weighted by molar-refractivity contribution is 0.561. The van der Waals surface area contributed by atoms with Gasteiger partial charge >= 0.3 is 0 Å². The second kappa shape index (κ2) is 6.17. The predicted octanol–water partition coefficient (Wildman–Crippen LogP) is 2.15. The molecule has 14 heavy (non-hydrogen) atoms. The van der Waals surface area contributed by atoms with E-state index in [0.29, 0.717) is 6.04 Å². The zero-order chi connectivity index (χ0) is 10.2. The van der Waals surface area contributed by atoms with E-state index in [1.807, 2.05) is 12.3 Å². The third-order valence-corrected chi connectivity index (χ3v) is 2.13. The second-order valence-electron chi connectivity index (χ2n) is 3.27. The van der Waals surface area contributed by atoms with Gasteiger partial charge in [-0.25, -0.2) is 0 Å². The summed E-state index contributed by atoms with van der Waals surface area (Å²) < 4.78 is 0. The number of hydrogen-bond donors (Lipinski definition) is 1. The highest BCUT2D eigenvalue weighted by molar-refractivity contribution is 5.12. The molecule has 0 saturated heterocycles. The van der Waals surface area contributed by atoms with Crippen molar-refractivity contribution in [3.05, 3.63) is 30.1 Å². The molecule has 1 aromatic rings. The summed E-state index contributed by atoms with van der Waals surface area (Å²) in [6.07, 6.45) is 10.7. The van der Waals surface area contributed by atoms with E-state index in [9.17, 15) is 0 Å². The molecule has 0 saturated carbocycles. The van der Waals surface area contributed by atoms with Gasteiger partial charge in [-0.15, -0.1) is 12.3 Å².